The predicted octanol–water partition coefficient (Wildman–Crippen LogP) is -1.45. The number of nitrogens with two attached hydrogens (primary N) is 1. The van der Waals surface area contributed by atoms with Gasteiger partial charge < -0.3 is 20.9 Å². The number of hydrogen-bond acceptors (Lipinski definition) is 6. The number of aliphatic hydroxyl groups is 1. The number of carbonyl (C=O) groups excluding carboxylic acids is 1. The van der Waals surface area contributed by atoms with Crippen LogP contribution in [0.2, 0.25) is 0 Å². The van der Waals surface area contributed by atoms with Gasteiger partial charge in [0.25, 0.3) is 11.2 Å². The molecule has 5 N–H and O–H groups in total. The van der Waals surface area contributed by atoms with Gasteiger partial charge in [0.1, 0.15) is 6.10 Å². The monoisotopic (exact) mass is 351 g/mol. The lowest BCUT2D eigenvalue weighted by Crippen LogP contribution is -2.37. The molecule has 136 valence electrons. The molecule has 1 saturated heterocycles. The van der Waals surface area contributed by atoms with Crippen molar-refractivity contribution in [3.63, 3.8) is 0 Å². The van der Waals surface area contributed by atoms with Crippen LogP contribution < -0.4 is 21.2 Å². The van der Waals surface area contributed by atoms with Crippen molar-refractivity contribution in [1.82, 2.24) is 19.9 Å². The lowest BCUT2D eigenvalue weighted by atomic mass is 9.99. The number of rotatable bonds is 4. The third-order valence-electron chi connectivity index (χ3n) is 4.61. The summed E-state index contributed by atoms with van der Waals surface area (Å²) in [7, 11) is 1.70. The van der Waals surface area contributed by atoms with Gasteiger partial charge in [-0.15, -0.1) is 0 Å². The minimum atomic E-state index is -0.870. The molecule has 1 aliphatic rings. The molecule has 0 bridgehead atoms. The van der Waals surface area contributed by atoms with Crippen molar-refractivity contribution in [3.8, 4) is 0 Å². The number of anilines is 1. The summed E-state index contributed by atoms with van der Waals surface area (Å²) in [6.45, 7) is 3.92. The molecule has 25 heavy (non-hydrogen) atoms. The number of H-pyrrole nitrogens is 1. The predicted molar refractivity (Wildman–Crippen MR) is 88.3 cm³/mol. The minimum absolute atomic E-state index is 0.00950. The standard InChI is InChI=1S/C15H22N6O4/c1-4-9(22)17-5-8-7(2)25-14(11(8)23)21-6-20(3)10-12(21)18-15(16)19-13(10)24/h6-8,11,14,23H,4-5H2,1-3H3,(H3-,16,17,18,19,22,24)/p+1/t7-,8-,11-,14-/m1/s1. The number of aliphatic hydroxyl groups excluding tert-OH is 1. The average Bonchev–Trinajstić information content (AvgIpc) is 3.02. The highest BCUT2D eigenvalue weighted by molar-refractivity contribution is 5.75. The number of aromatic amines is 1. The van der Waals surface area contributed by atoms with Crippen LogP contribution in [-0.2, 0) is 16.6 Å². The molecule has 3 rings (SSSR count). The van der Waals surface area contributed by atoms with E-state index in [1.165, 1.54) is 0 Å². The highest BCUT2D eigenvalue weighted by Gasteiger charge is 2.46. The van der Waals surface area contributed by atoms with Crippen molar-refractivity contribution < 1.29 is 19.2 Å². The van der Waals surface area contributed by atoms with Crippen LogP contribution in [0.4, 0.5) is 5.95 Å². The molecular weight excluding hydrogens is 328 g/mol. The number of nitrogens with zero attached hydrogens (tertiary/aromatic N) is 3. The maximum atomic E-state index is 12.1. The molecule has 0 aromatic carbocycles. The molecular formula is C15H23N6O4+. The van der Waals surface area contributed by atoms with E-state index in [-0.39, 0.29) is 29.4 Å². The topological polar surface area (TPSA) is 139 Å². The van der Waals surface area contributed by atoms with Crippen LogP contribution in [0.5, 0.6) is 0 Å². The van der Waals surface area contributed by atoms with Crippen LogP contribution in [0, 0.1) is 5.92 Å². The molecule has 1 amide bonds. The van der Waals surface area contributed by atoms with Crippen molar-refractivity contribution in [2.75, 3.05) is 12.3 Å². The normalized spacial score (nSPS) is 26.2. The number of fused-ring (bicyclic) bond motifs is 1. The average molecular weight is 351 g/mol. The Labute approximate surface area is 143 Å². The Morgan fingerprint density at radius 2 is 2.32 bits per heavy atom. The fourth-order valence-electron chi connectivity index (χ4n) is 3.22. The second-order valence-electron chi connectivity index (χ2n) is 6.30. The SMILES string of the molecule is CCC(=O)NC[C@H]1[C@@H](O)[C@H](n2c[n+](C)c3c(=O)[nH]c(N)nc32)O[C@@H]1C. The van der Waals surface area contributed by atoms with Gasteiger partial charge in [-0.3, -0.25) is 14.6 Å². The number of imidazole rings is 1. The Bertz CT molecular complexity index is 860. The summed E-state index contributed by atoms with van der Waals surface area (Å²) >= 11 is 0. The summed E-state index contributed by atoms with van der Waals surface area (Å²) in [6, 6.07) is 0. The van der Waals surface area contributed by atoms with E-state index in [9.17, 15) is 14.7 Å². The van der Waals surface area contributed by atoms with E-state index in [2.05, 4.69) is 15.3 Å². The smallest absolute Gasteiger partial charge is 0.304 e. The van der Waals surface area contributed by atoms with Crippen LogP contribution in [-0.4, -0.2) is 44.3 Å². The second kappa shape index (κ2) is 6.45. The number of ether oxygens (including phenoxy) is 1. The first kappa shape index (κ1) is 17.4. The molecule has 0 spiro atoms. The molecule has 2 aromatic heterocycles. The van der Waals surface area contributed by atoms with Gasteiger partial charge in [-0.1, -0.05) is 6.92 Å². The number of nitrogens with one attached hydrogen (secondary N) is 2. The van der Waals surface area contributed by atoms with Gasteiger partial charge in [0.15, 0.2) is 0 Å². The van der Waals surface area contributed by atoms with Crippen molar-refractivity contribution in [3.05, 3.63) is 16.7 Å². The molecule has 0 radical (unpaired) electrons. The summed E-state index contributed by atoms with van der Waals surface area (Å²) in [4.78, 5) is 30.2. The van der Waals surface area contributed by atoms with E-state index >= 15 is 0 Å². The van der Waals surface area contributed by atoms with E-state index in [4.69, 9.17) is 10.5 Å². The summed E-state index contributed by atoms with van der Waals surface area (Å²) in [5.41, 5.74) is 5.95. The number of nitrogen functional groups attached to an aromatic ring is 1. The first-order valence-corrected chi connectivity index (χ1v) is 8.19. The van der Waals surface area contributed by atoms with Crippen LogP contribution in [0.15, 0.2) is 11.1 Å². The van der Waals surface area contributed by atoms with E-state index in [0.29, 0.717) is 24.1 Å². The quantitative estimate of drug-likeness (QED) is 0.497. The summed E-state index contributed by atoms with van der Waals surface area (Å²) in [5.74, 6) is -0.367. The lowest BCUT2D eigenvalue weighted by Gasteiger charge is -2.17. The van der Waals surface area contributed by atoms with Crippen molar-refractivity contribution in [2.24, 2.45) is 13.0 Å². The molecule has 0 aliphatic carbocycles. The van der Waals surface area contributed by atoms with Gasteiger partial charge in [-0.05, 0) is 6.92 Å². The Morgan fingerprint density at radius 3 is 3.00 bits per heavy atom. The molecule has 4 atom stereocenters. The minimum Gasteiger partial charge on any atom is -0.386 e. The first-order chi connectivity index (χ1) is 11.8. The van der Waals surface area contributed by atoms with E-state index in [1.807, 2.05) is 6.92 Å². The molecule has 0 saturated carbocycles. The highest BCUT2D eigenvalue weighted by atomic mass is 16.5. The van der Waals surface area contributed by atoms with E-state index in [0.717, 1.165) is 0 Å². The molecule has 1 aliphatic heterocycles. The zero-order valence-electron chi connectivity index (χ0n) is 14.4. The molecule has 10 nitrogen and oxygen atoms in total. The van der Waals surface area contributed by atoms with Gasteiger partial charge in [0, 0.05) is 18.9 Å². The number of aromatic nitrogens is 4. The fraction of sp³-hybridized carbons (Fsp3) is 0.600. The lowest BCUT2D eigenvalue weighted by molar-refractivity contribution is -0.646. The van der Waals surface area contributed by atoms with E-state index < -0.39 is 12.3 Å². The number of hydrogen-bond donors (Lipinski definition) is 4. The largest absolute Gasteiger partial charge is 0.386 e. The van der Waals surface area contributed by atoms with Gasteiger partial charge >= 0.3 is 5.56 Å². The van der Waals surface area contributed by atoms with Gasteiger partial charge in [-0.2, -0.15) is 9.55 Å². The van der Waals surface area contributed by atoms with Gasteiger partial charge in [-0.25, -0.2) is 4.57 Å². The number of amides is 1. The van der Waals surface area contributed by atoms with Crippen LogP contribution in [0.25, 0.3) is 11.2 Å². The second-order valence-corrected chi connectivity index (χ2v) is 6.30. The Hall–Kier alpha value is -2.46. The van der Waals surface area contributed by atoms with Crippen LogP contribution in [0.1, 0.15) is 26.5 Å². The summed E-state index contributed by atoms with van der Waals surface area (Å²) < 4.78 is 9.10. The van der Waals surface area contributed by atoms with Crippen molar-refractivity contribution in [2.45, 2.75) is 38.7 Å². The van der Waals surface area contributed by atoms with Gasteiger partial charge in [0.05, 0.1) is 13.2 Å². The zero-order chi connectivity index (χ0) is 18.3. The number of aryl methyl sites for hydroxylation is 1. The molecule has 0 unspecified atom stereocenters. The van der Waals surface area contributed by atoms with Crippen molar-refractivity contribution >= 4 is 23.0 Å². The summed E-state index contributed by atoms with van der Waals surface area (Å²) in [6.07, 6.45) is 0.145. The highest BCUT2D eigenvalue weighted by Crippen LogP contribution is 2.34. The Balaban J connectivity index is 1.94. The molecule has 10 heteroatoms. The molecule has 1 fully saturated rings. The van der Waals surface area contributed by atoms with Crippen molar-refractivity contribution in [1.29, 1.82) is 0 Å². The van der Waals surface area contributed by atoms with E-state index in [1.54, 1.807) is 29.4 Å². The zero-order valence-corrected chi connectivity index (χ0v) is 14.4. The van der Waals surface area contributed by atoms with Crippen LogP contribution >= 0.6 is 0 Å². The molecule has 2 aromatic rings. The third-order valence-corrected chi connectivity index (χ3v) is 4.61. The maximum absolute atomic E-state index is 12.1. The van der Waals surface area contributed by atoms with Gasteiger partial charge in [0.2, 0.25) is 24.4 Å². The fourth-order valence-corrected chi connectivity index (χ4v) is 3.22. The van der Waals surface area contributed by atoms with Crippen LogP contribution in [0.3, 0.4) is 0 Å². The summed E-state index contributed by atoms with van der Waals surface area (Å²) in [5, 5.41) is 13.5. The maximum Gasteiger partial charge on any atom is 0.304 e. The first-order valence-electron chi connectivity index (χ1n) is 8.19. The molecule has 3 heterocycles. The Kier molecular flexibility index (Phi) is 4.48. The third kappa shape index (κ3) is 2.98. The number of carbonyl (C=O) groups is 1. The Morgan fingerprint density at radius 1 is 1.60 bits per heavy atom.